The summed E-state index contributed by atoms with van der Waals surface area (Å²) in [6.45, 7) is 2.18. The van der Waals surface area contributed by atoms with Crippen LogP contribution in [0, 0.1) is 0 Å². The second-order valence-corrected chi connectivity index (χ2v) is 4.88. The summed E-state index contributed by atoms with van der Waals surface area (Å²) in [5.41, 5.74) is 7.86. The van der Waals surface area contributed by atoms with Gasteiger partial charge in [-0.15, -0.1) is 0 Å². The van der Waals surface area contributed by atoms with Gasteiger partial charge in [-0.25, -0.2) is 0 Å². The van der Waals surface area contributed by atoms with E-state index in [1.165, 1.54) is 5.56 Å². The van der Waals surface area contributed by atoms with E-state index in [0.29, 0.717) is 11.6 Å². The van der Waals surface area contributed by atoms with Gasteiger partial charge < -0.3 is 10.5 Å². The molecule has 0 heterocycles. The van der Waals surface area contributed by atoms with Gasteiger partial charge in [0, 0.05) is 5.02 Å². The zero-order valence-corrected chi connectivity index (χ0v) is 10.6. The van der Waals surface area contributed by atoms with Gasteiger partial charge in [0.25, 0.3) is 0 Å². The lowest BCUT2D eigenvalue weighted by Crippen LogP contribution is -2.37. The zero-order chi connectivity index (χ0) is 12.5. The number of carbonyl (C=O) groups is 1. The maximum atomic E-state index is 11.6. The van der Waals surface area contributed by atoms with E-state index >= 15 is 0 Å². The highest BCUT2D eigenvalue weighted by Gasteiger charge is 2.37. The highest BCUT2D eigenvalue weighted by atomic mass is 35.5. The van der Waals surface area contributed by atoms with Crippen molar-refractivity contribution >= 4 is 17.6 Å². The van der Waals surface area contributed by atoms with E-state index < -0.39 is 5.54 Å². The van der Waals surface area contributed by atoms with Crippen molar-refractivity contribution < 1.29 is 9.53 Å². The number of benzene rings is 1. The first-order valence-corrected chi connectivity index (χ1v) is 6.16. The average Bonchev–Trinajstić information content (AvgIpc) is 2.57. The van der Waals surface area contributed by atoms with Crippen molar-refractivity contribution in [1.82, 2.24) is 0 Å². The molecule has 92 valence electrons. The minimum atomic E-state index is -0.619. The molecule has 1 unspecified atom stereocenters. The quantitative estimate of drug-likeness (QED) is 0.842. The number of aryl methyl sites for hydroxylation is 1. The number of hydrogen-bond acceptors (Lipinski definition) is 3. The summed E-state index contributed by atoms with van der Waals surface area (Å²) in [6.07, 6.45) is 1.87. The van der Waals surface area contributed by atoms with Crippen LogP contribution in [0.2, 0.25) is 5.02 Å². The molecule has 0 radical (unpaired) electrons. The lowest BCUT2D eigenvalue weighted by Gasteiger charge is -2.24. The Labute approximate surface area is 106 Å². The van der Waals surface area contributed by atoms with E-state index in [1.54, 1.807) is 6.92 Å². The molecule has 0 amide bonds. The maximum absolute atomic E-state index is 11.6. The summed E-state index contributed by atoms with van der Waals surface area (Å²) in [7, 11) is 0. The topological polar surface area (TPSA) is 52.3 Å². The molecule has 1 aromatic carbocycles. The van der Waals surface area contributed by atoms with Crippen molar-refractivity contribution in [3.05, 3.63) is 34.3 Å². The number of nitrogens with two attached hydrogens (primary N) is 1. The summed E-state index contributed by atoms with van der Waals surface area (Å²) in [6, 6.07) is 5.71. The minimum absolute atomic E-state index is 0.216. The number of ether oxygens (including phenoxy) is 1. The van der Waals surface area contributed by atoms with Crippen LogP contribution in [-0.2, 0) is 21.5 Å². The van der Waals surface area contributed by atoms with Gasteiger partial charge in [0.15, 0.2) is 0 Å². The summed E-state index contributed by atoms with van der Waals surface area (Å²) in [5, 5.41) is 0.657. The van der Waals surface area contributed by atoms with Crippen LogP contribution in [0.3, 0.4) is 0 Å². The first kappa shape index (κ1) is 12.4. The first-order chi connectivity index (χ1) is 8.05. The van der Waals surface area contributed by atoms with Crippen LogP contribution in [0.15, 0.2) is 18.2 Å². The number of carbonyl (C=O) groups excluding carboxylic acids is 1. The fourth-order valence-corrected chi connectivity index (χ4v) is 2.55. The number of rotatable bonds is 3. The van der Waals surface area contributed by atoms with Crippen LogP contribution in [-0.4, -0.2) is 12.6 Å². The molecule has 2 rings (SSSR count). The lowest BCUT2D eigenvalue weighted by molar-refractivity contribution is -0.144. The third kappa shape index (κ3) is 2.45. The molecule has 0 fully saturated rings. The molecular formula is C13H16ClNO2. The highest BCUT2D eigenvalue weighted by molar-refractivity contribution is 6.30. The van der Waals surface area contributed by atoms with E-state index in [-0.39, 0.29) is 12.4 Å². The van der Waals surface area contributed by atoms with E-state index in [0.717, 1.165) is 18.4 Å². The van der Waals surface area contributed by atoms with Gasteiger partial charge in [0.05, 0.1) is 18.6 Å². The lowest BCUT2D eigenvalue weighted by atomic mass is 9.89. The second kappa shape index (κ2) is 4.67. The molecule has 17 heavy (non-hydrogen) atoms. The van der Waals surface area contributed by atoms with Gasteiger partial charge in [-0.3, -0.25) is 4.79 Å². The molecule has 0 spiro atoms. The van der Waals surface area contributed by atoms with E-state index in [1.807, 2.05) is 18.2 Å². The van der Waals surface area contributed by atoms with Crippen LogP contribution < -0.4 is 5.73 Å². The number of fused-ring (bicyclic) bond motifs is 1. The molecule has 3 nitrogen and oxygen atoms in total. The van der Waals surface area contributed by atoms with Gasteiger partial charge >= 0.3 is 5.97 Å². The molecule has 0 saturated carbocycles. The van der Waals surface area contributed by atoms with Crippen molar-refractivity contribution in [2.75, 3.05) is 6.61 Å². The van der Waals surface area contributed by atoms with E-state index in [9.17, 15) is 4.79 Å². The molecule has 1 aliphatic carbocycles. The molecule has 0 aromatic heterocycles. The third-order valence-electron chi connectivity index (χ3n) is 3.21. The van der Waals surface area contributed by atoms with Crippen LogP contribution >= 0.6 is 11.6 Å². The molecule has 2 N–H and O–H groups in total. The summed E-state index contributed by atoms with van der Waals surface area (Å²) in [4.78, 5) is 11.6. The Morgan fingerprint density at radius 3 is 3.06 bits per heavy atom. The normalized spacial score (nSPS) is 22.3. The smallest absolute Gasteiger partial charge is 0.307 e. The molecule has 1 aromatic rings. The Morgan fingerprint density at radius 1 is 1.59 bits per heavy atom. The first-order valence-electron chi connectivity index (χ1n) is 5.78. The largest absolute Gasteiger partial charge is 0.466 e. The Morgan fingerprint density at radius 2 is 2.35 bits per heavy atom. The summed E-state index contributed by atoms with van der Waals surface area (Å²) >= 11 is 5.98. The van der Waals surface area contributed by atoms with Gasteiger partial charge in [0.1, 0.15) is 0 Å². The van der Waals surface area contributed by atoms with Gasteiger partial charge in [-0.2, -0.15) is 0 Å². The predicted octanol–water partition coefficient (Wildman–Crippen LogP) is 2.39. The van der Waals surface area contributed by atoms with Crippen molar-refractivity contribution in [2.45, 2.75) is 31.7 Å². The fraction of sp³-hybridized carbons (Fsp3) is 0.462. The van der Waals surface area contributed by atoms with Crippen molar-refractivity contribution in [1.29, 1.82) is 0 Å². The second-order valence-electron chi connectivity index (χ2n) is 4.44. The standard InChI is InChI=1S/C13H16ClNO2/c1-2-17-12(16)8-13(15)6-5-9-3-4-10(14)7-11(9)13/h3-4,7H,2,5-6,8,15H2,1H3. The SMILES string of the molecule is CCOC(=O)CC1(N)CCc2ccc(Cl)cc21. The minimum Gasteiger partial charge on any atom is -0.466 e. The number of esters is 1. The average molecular weight is 254 g/mol. The molecule has 1 aliphatic rings. The van der Waals surface area contributed by atoms with Gasteiger partial charge in [-0.05, 0) is 43.0 Å². The molecular weight excluding hydrogens is 238 g/mol. The number of halogens is 1. The molecule has 0 saturated heterocycles. The van der Waals surface area contributed by atoms with Crippen LogP contribution in [0.4, 0.5) is 0 Å². The molecule has 0 aliphatic heterocycles. The number of hydrogen-bond donors (Lipinski definition) is 1. The van der Waals surface area contributed by atoms with Crippen LogP contribution in [0.25, 0.3) is 0 Å². The van der Waals surface area contributed by atoms with E-state index in [2.05, 4.69) is 0 Å². The highest BCUT2D eigenvalue weighted by Crippen LogP contribution is 2.38. The molecule has 1 atom stereocenters. The van der Waals surface area contributed by atoms with Crippen LogP contribution in [0.1, 0.15) is 30.9 Å². The summed E-state index contributed by atoms with van der Waals surface area (Å²) < 4.78 is 4.96. The monoisotopic (exact) mass is 253 g/mol. The molecule has 4 heteroatoms. The van der Waals surface area contributed by atoms with Crippen LogP contribution in [0.5, 0.6) is 0 Å². The fourth-order valence-electron chi connectivity index (χ4n) is 2.38. The Kier molecular flexibility index (Phi) is 3.40. The van der Waals surface area contributed by atoms with Crippen molar-refractivity contribution in [3.8, 4) is 0 Å². The van der Waals surface area contributed by atoms with Gasteiger partial charge in [0.2, 0.25) is 0 Å². The Balaban J connectivity index is 2.24. The van der Waals surface area contributed by atoms with E-state index in [4.69, 9.17) is 22.1 Å². The summed E-state index contributed by atoms with van der Waals surface area (Å²) in [5.74, 6) is -0.247. The Hall–Kier alpha value is -1.06. The maximum Gasteiger partial charge on any atom is 0.307 e. The van der Waals surface area contributed by atoms with Crippen molar-refractivity contribution in [2.24, 2.45) is 5.73 Å². The zero-order valence-electron chi connectivity index (χ0n) is 9.83. The third-order valence-corrected chi connectivity index (χ3v) is 3.45. The van der Waals surface area contributed by atoms with Crippen molar-refractivity contribution in [3.63, 3.8) is 0 Å². The Bertz CT molecular complexity index is 447. The molecule has 0 bridgehead atoms. The predicted molar refractivity (Wildman–Crippen MR) is 66.9 cm³/mol. The van der Waals surface area contributed by atoms with Gasteiger partial charge in [-0.1, -0.05) is 17.7 Å².